The van der Waals surface area contributed by atoms with Gasteiger partial charge < -0.3 is 4.90 Å². The van der Waals surface area contributed by atoms with Crippen LogP contribution in [0.5, 0.6) is 0 Å². The van der Waals surface area contributed by atoms with Gasteiger partial charge in [0.1, 0.15) is 5.69 Å². The molecule has 166 valence electrons. The van der Waals surface area contributed by atoms with Crippen LogP contribution in [0.25, 0.3) is 11.3 Å². The highest BCUT2D eigenvalue weighted by atomic mass is 35.5. The van der Waals surface area contributed by atoms with Gasteiger partial charge in [-0.15, -0.1) is 0 Å². The van der Waals surface area contributed by atoms with Gasteiger partial charge in [0.05, 0.1) is 17.0 Å². The van der Waals surface area contributed by atoms with Gasteiger partial charge in [-0.2, -0.15) is 5.10 Å². The number of nitro benzene ring substituents is 1. The third-order valence-corrected chi connectivity index (χ3v) is 5.48. The monoisotopic (exact) mass is 461 g/mol. The number of rotatable bonds is 7. The molecule has 0 fully saturated rings. The van der Waals surface area contributed by atoms with E-state index in [1.807, 2.05) is 36.4 Å². The van der Waals surface area contributed by atoms with E-state index in [0.29, 0.717) is 28.4 Å². The summed E-state index contributed by atoms with van der Waals surface area (Å²) in [4.78, 5) is 29.7. The van der Waals surface area contributed by atoms with Gasteiger partial charge in [-0.1, -0.05) is 41.9 Å². The molecule has 0 bridgehead atoms. The number of aromatic nitrogens is 3. The number of non-ortho nitro benzene ring substituents is 1. The number of benzene rings is 2. The summed E-state index contributed by atoms with van der Waals surface area (Å²) in [5.74, 6) is -0.282. The fourth-order valence-electron chi connectivity index (χ4n) is 3.47. The predicted octanol–water partition coefficient (Wildman–Crippen LogP) is 4.83. The Bertz CT molecular complexity index is 1290. The fraction of sp³-hybridized carbons (Fsp3) is 0.125. The lowest BCUT2D eigenvalue weighted by Crippen LogP contribution is -2.26. The lowest BCUT2D eigenvalue weighted by molar-refractivity contribution is -0.384. The molecule has 2 heterocycles. The summed E-state index contributed by atoms with van der Waals surface area (Å²) >= 11 is 6.23. The van der Waals surface area contributed by atoms with E-state index in [1.54, 1.807) is 36.4 Å². The second-order valence-electron chi connectivity index (χ2n) is 7.51. The van der Waals surface area contributed by atoms with Gasteiger partial charge in [-0.05, 0) is 29.3 Å². The Morgan fingerprint density at radius 3 is 2.64 bits per heavy atom. The molecule has 0 atom stereocenters. The topological polar surface area (TPSA) is 94.2 Å². The molecule has 1 amide bonds. The summed E-state index contributed by atoms with van der Waals surface area (Å²) < 4.78 is 1.72. The third kappa shape index (κ3) is 5.07. The minimum atomic E-state index is -0.490. The lowest BCUT2D eigenvalue weighted by atomic mass is 10.1. The first-order valence-corrected chi connectivity index (χ1v) is 10.5. The molecular formula is C24H20ClN5O3. The molecular weight excluding hydrogens is 442 g/mol. The fourth-order valence-corrected chi connectivity index (χ4v) is 3.65. The van der Waals surface area contributed by atoms with Crippen LogP contribution < -0.4 is 0 Å². The summed E-state index contributed by atoms with van der Waals surface area (Å²) in [6.45, 7) is 0.609. The smallest absolute Gasteiger partial charge is 0.269 e. The maximum atomic E-state index is 13.4. The van der Waals surface area contributed by atoms with E-state index in [2.05, 4.69) is 10.1 Å². The Balaban J connectivity index is 1.66. The van der Waals surface area contributed by atoms with Gasteiger partial charge in [0, 0.05) is 54.9 Å². The number of hydrogen-bond acceptors (Lipinski definition) is 5. The second kappa shape index (κ2) is 9.62. The van der Waals surface area contributed by atoms with Crippen molar-refractivity contribution in [3.05, 3.63) is 111 Å². The quantitative estimate of drug-likeness (QED) is 0.290. The summed E-state index contributed by atoms with van der Waals surface area (Å²) in [6, 6.07) is 17.6. The number of hydrogen-bond donors (Lipinski definition) is 0. The van der Waals surface area contributed by atoms with Crippen molar-refractivity contribution < 1.29 is 9.72 Å². The Morgan fingerprint density at radius 1 is 1.15 bits per heavy atom. The first-order valence-electron chi connectivity index (χ1n) is 10.1. The lowest BCUT2D eigenvalue weighted by Gasteiger charge is -2.18. The third-order valence-electron chi connectivity index (χ3n) is 5.11. The number of nitrogens with zero attached hydrogens (tertiary/aromatic N) is 5. The van der Waals surface area contributed by atoms with Crippen molar-refractivity contribution in [2.24, 2.45) is 0 Å². The van der Waals surface area contributed by atoms with Crippen LogP contribution in [0.15, 0.2) is 79.3 Å². The number of pyridine rings is 1. The van der Waals surface area contributed by atoms with Gasteiger partial charge in [0.25, 0.3) is 11.6 Å². The predicted molar refractivity (Wildman–Crippen MR) is 125 cm³/mol. The summed E-state index contributed by atoms with van der Waals surface area (Å²) in [7, 11) is 1.62. The SMILES string of the molecule is CN(Cc1cc([N+](=O)[O-])ccc1Cl)C(=O)c1cn(Cc2ccccc2)nc1-c1cccnc1. The van der Waals surface area contributed by atoms with E-state index >= 15 is 0 Å². The maximum Gasteiger partial charge on any atom is 0.269 e. The van der Waals surface area contributed by atoms with Gasteiger partial charge in [-0.25, -0.2) is 0 Å². The molecule has 0 unspecified atom stereocenters. The molecule has 0 radical (unpaired) electrons. The Morgan fingerprint density at radius 2 is 1.94 bits per heavy atom. The minimum absolute atomic E-state index is 0.0815. The van der Waals surface area contributed by atoms with Crippen molar-refractivity contribution in [2.75, 3.05) is 7.05 Å². The molecule has 0 aliphatic carbocycles. The van der Waals surface area contributed by atoms with Crippen LogP contribution in [0, 0.1) is 10.1 Å². The zero-order valence-electron chi connectivity index (χ0n) is 17.8. The van der Waals surface area contributed by atoms with Gasteiger partial charge in [0.2, 0.25) is 0 Å². The number of carbonyl (C=O) groups is 1. The number of carbonyl (C=O) groups excluding carboxylic acids is 1. The molecule has 9 heteroatoms. The van der Waals surface area contributed by atoms with Gasteiger partial charge in [-0.3, -0.25) is 24.6 Å². The zero-order chi connectivity index (χ0) is 23.4. The molecule has 2 aromatic carbocycles. The summed E-state index contributed by atoms with van der Waals surface area (Å²) in [5, 5.41) is 16.1. The summed E-state index contributed by atoms with van der Waals surface area (Å²) in [5.41, 5.74) is 3.09. The number of nitro groups is 1. The van der Waals surface area contributed by atoms with Gasteiger partial charge in [0.15, 0.2) is 0 Å². The molecule has 4 aromatic rings. The maximum absolute atomic E-state index is 13.4. The van der Waals surface area contributed by atoms with Crippen LogP contribution in [-0.2, 0) is 13.1 Å². The molecule has 0 saturated carbocycles. The standard InChI is InChI=1S/C24H20ClN5O3/c1-28(15-19-12-20(30(32)33)9-10-22(19)25)24(31)21-16-29(14-17-6-3-2-4-7-17)27-23(21)18-8-5-11-26-13-18/h2-13,16H,14-15H2,1H3. The summed E-state index contributed by atoms with van der Waals surface area (Å²) in [6.07, 6.45) is 5.02. The molecule has 33 heavy (non-hydrogen) atoms. The Kier molecular flexibility index (Phi) is 6.46. The average molecular weight is 462 g/mol. The highest BCUT2D eigenvalue weighted by molar-refractivity contribution is 6.31. The van der Waals surface area contributed by atoms with Crippen LogP contribution in [0.1, 0.15) is 21.5 Å². The highest BCUT2D eigenvalue weighted by Crippen LogP contribution is 2.26. The van der Waals surface area contributed by atoms with E-state index < -0.39 is 4.92 Å². The number of halogens is 1. The Labute approximate surface area is 195 Å². The zero-order valence-corrected chi connectivity index (χ0v) is 18.5. The Hall–Kier alpha value is -4.04. The molecule has 2 aromatic heterocycles. The molecule has 0 N–H and O–H groups in total. The minimum Gasteiger partial charge on any atom is -0.337 e. The van der Waals surface area contributed by atoms with Gasteiger partial charge >= 0.3 is 0 Å². The van der Waals surface area contributed by atoms with Crippen molar-refractivity contribution in [3.8, 4) is 11.3 Å². The second-order valence-corrected chi connectivity index (χ2v) is 7.92. The molecule has 0 aliphatic heterocycles. The highest BCUT2D eigenvalue weighted by Gasteiger charge is 2.22. The van der Waals surface area contributed by atoms with E-state index in [9.17, 15) is 14.9 Å². The van der Waals surface area contributed by atoms with E-state index in [0.717, 1.165) is 11.1 Å². The molecule has 4 rings (SSSR count). The van der Waals surface area contributed by atoms with Crippen molar-refractivity contribution >= 4 is 23.2 Å². The van der Waals surface area contributed by atoms with Crippen molar-refractivity contribution in [1.29, 1.82) is 0 Å². The normalized spacial score (nSPS) is 10.7. The van der Waals surface area contributed by atoms with Crippen LogP contribution in [-0.4, -0.2) is 37.5 Å². The van der Waals surface area contributed by atoms with Crippen molar-refractivity contribution in [3.63, 3.8) is 0 Å². The molecule has 0 aliphatic rings. The number of amides is 1. The van der Waals surface area contributed by atoms with Crippen LogP contribution in [0.4, 0.5) is 5.69 Å². The molecule has 0 spiro atoms. The van der Waals surface area contributed by atoms with E-state index in [1.165, 1.54) is 23.1 Å². The first-order chi connectivity index (χ1) is 15.9. The molecule has 8 nitrogen and oxygen atoms in total. The van der Waals surface area contributed by atoms with E-state index in [-0.39, 0.29) is 18.1 Å². The van der Waals surface area contributed by atoms with Crippen molar-refractivity contribution in [1.82, 2.24) is 19.7 Å². The molecule has 0 saturated heterocycles. The van der Waals surface area contributed by atoms with Crippen LogP contribution in [0.2, 0.25) is 5.02 Å². The van der Waals surface area contributed by atoms with Crippen molar-refractivity contribution in [2.45, 2.75) is 13.1 Å². The van der Waals surface area contributed by atoms with Crippen LogP contribution >= 0.6 is 11.6 Å². The van der Waals surface area contributed by atoms with Crippen LogP contribution in [0.3, 0.4) is 0 Å². The first kappa shape index (κ1) is 22.2. The largest absolute Gasteiger partial charge is 0.337 e. The van der Waals surface area contributed by atoms with E-state index in [4.69, 9.17) is 11.6 Å². The average Bonchev–Trinajstić information content (AvgIpc) is 3.24.